The number of hydrogen-bond donors (Lipinski definition) is 2. The fourth-order valence-electron chi connectivity index (χ4n) is 3.12. The number of hydrazine groups is 1. The largest absolute Gasteiger partial charge is 0.271 e. The van der Waals surface area contributed by atoms with E-state index < -0.39 is 0 Å². The van der Waals surface area contributed by atoms with Gasteiger partial charge in [0.15, 0.2) is 0 Å². The first-order chi connectivity index (χ1) is 8.74. The van der Waals surface area contributed by atoms with Crippen LogP contribution in [0.2, 0.25) is 0 Å². The Labute approximate surface area is 110 Å². The molecule has 0 aromatic carbocycles. The van der Waals surface area contributed by atoms with Crippen molar-refractivity contribution >= 4 is 0 Å². The Balaban J connectivity index is 2.05. The van der Waals surface area contributed by atoms with Crippen LogP contribution in [0.1, 0.15) is 56.3 Å². The Hall–Kier alpha value is -0.930. The summed E-state index contributed by atoms with van der Waals surface area (Å²) in [4.78, 5) is 4.48. The number of aromatic nitrogens is 1. The molecule has 18 heavy (non-hydrogen) atoms. The lowest BCUT2D eigenvalue weighted by molar-refractivity contribution is 0.217. The van der Waals surface area contributed by atoms with E-state index in [1.54, 1.807) is 0 Å². The van der Waals surface area contributed by atoms with E-state index >= 15 is 0 Å². The minimum atomic E-state index is 0.211. The highest BCUT2D eigenvalue weighted by Gasteiger charge is 2.28. The van der Waals surface area contributed by atoms with Crippen molar-refractivity contribution in [3.8, 4) is 0 Å². The van der Waals surface area contributed by atoms with Gasteiger partial charge in [0.2, 0.25) is 0 Å². The molecule has 3 N–H and O–H groups in total. The minimum Gasteiger partial charge on any atom is -0.271 e. The molecule has 0 spiro atoms. The van der Waals surface area contributed by atoms with Crippen LogP contribution in [-0.2, 0) is 0 Å². The maximum atomic E-state index is 5.76. The molecule has 1 unspecified atom stereocenters. The van der Waals surface area contributed by atoms with Gasteiger partial charge in [0, 0.05) is 6.20 Å². The summed E-state index contributed by atoms with van der Waals surface area (Å²) in [5, 5.41) is 0. The Kier molecular flexibility index (Phi) is 4.72. The molecule has 100 valence electrons. The average molecular weight is 247 g/mol. The van der Waals surface area contributed by atoms with E-state index in [0.717, 1.165) is 11.6 Å². The lowest BCUT2D eigenvalue weighted by Gasteiger charge is -2.33. The number of nitrogens with two attached hydrogens (primary N) is 1. The summed E-state index contributed by atoms with van der Waals surface area (Å²) in [5.41, 5.74) is 5.33. The van der Waals surface area contributed by atoms with Crippen LogP contribution in [-0.4, -0.2) is 4.98 Å². The summed E-state index contributed by atoms with van der Waals surface area (Å²) in [5.74, 6) is 7.32. The number of nitrogens with zero attached hydrogens (tertiary/aromatic N) is 1. The van der Waals surface area contributed by atoms with E-state index in [9.17, 15) is 0 Å². The van der Waals surface area contributed by atoms with Gasteiger partial charge in [-0.1, -0.05) is 26.2 Å². The highest BCUT2D eigenvalue weighted by molar-refractivity contribution is 5.18. The molecule has 1 aliphatic carbocycles. The molecule has 1 fully saturated rings. The molecule has 1 saturated carbocycles. The molecule has 1 heterocycles. The predicted molar refractivity (Wildman–Crippen MR) is 74.8 cm³/mol. The van der Waals surface area contributed by atoms with Gasteiger partial charge in [0.1, 0.15) is 0 Å². The summed E-state index contributed by atoms with van der Waals surface area (Å²) in [6.45, 7) is 4.40. The molecular weight excluding hydrogens is 222 g/mol. The van der Waals surface area contributed by atoms with Crippen LogP contribution in [0, 0.1) is 18.8 Å². The number of rotatable bonds is 4. The van der Waals surface area contributed by atoms with Gasteiger partial charge >= 0.3 is 0 Å². The third kappa shape index (κ3) is 3.09. The number of pyridine rings is 1. The predicted octanol–water partition coefficient (Wildman–Crippen LogP) is 3.11. The molecule has 2 rings (SSSR count). The zero-order valence-electron chi connectivity index (χ0n) is 11.5. The van der Waals surface area contributed by atoms with Gasteiger partial charge in [0.05, 0.1) is 11.7 Å². The zero-order valence-corrected chi connectivity index (χ0v) is 11.5. The molecule has 3 heteroatoms. The zero-order chi connectivity index (χ0) is 13.0. The lowest BCUT2D eigenvalue weighted by atomic mass is 9.77. The van der Waals surface area contributed by atoms with Crippen LogP contribution < -0.4 is 11.3 Å². The fourth-order valence-corrected chi connectivity index (χ4v) is 3.12. The van der Waals surface area contributed by atoms with Crippen molar-refractivity contribution in [1.29, 1.82) is 0 Å². The van der Waals surface area contributed by atoms with Crippen LogP contribution in [0.25, 0.3) is 0 Å². The van der Waals surface area contributed by atoms with Crippen molar-refractivity contribution in [3.63, 3.8) is 0 Å². The third-order valence-electron chi connectivity index (χ3n) is 4.37. The molecule has 0 saturated heterocycles. The molecule has 1 atom stereocenters. The molecular formula is C15H25N3. The summed E-state index contributed by atoms with van der Waals surface area (Å²) in [7, 11) is 0. The van der Waals surface area contributed by atoms with Gasteiger partial charge in [-0.05, 0) is 49.3 Å². The average Bonchev–Trinajstić information content (AvgIpc) is 2.40. The molecule has 1 aromatic heterocycles. The molecule has 0 radical (unpaired) electrons. The van der Waals surface area contributed by atoms with Gasteiger partial charge < -0.3 is 0 Å². The van der Waals surface area contributed by atoms with Crippen molar-refractivity contribution in [2.24, 2.45) is 17.7 Å². The van der Waals surface area contributed by atoms with Crippen LogP contribution in [0.3, 0.4) is 0 Å². The second kappa shape index (κ2) is 6.30. The monoisotopic (exact) mass is 247 g/mol. The third-order valence-corrected chi connectivity index (χ3v) is 4.37. The summed E-state index contributed by atoms with van der Waals surface area (Å²) in [6, 6.07) is 4.39. The second-order valence-corrected chi connectivity index (χ2v) is 5.59. The lowest BCUT2D eigenvalue weighted by Crippen LogP contribution is -2.36. The van der Waals surface area contributed by atoms with Crippen molar-refractivity contribution in [1.82, 2.24) is 10.4 Å². The van der Waals surface area contributed by atoms with E-state index in [0.29, 0.717) is 5.92 Å². The summed E-state index contributed by atoms with van der Waals surface area (Å²) < 4.78 is 0. The number of hydrogen-bond acceptors (Lipinski definition) is 3. The molecule has 3 nitrogen and oxygen atoms in total. The second-order valence-electron chi connectivity index (χ2n) is 5.59. The van der Waals surface area contributed by atoms with Crippen molar-refractivity contribution < 1.29 is 0 Å². The quantitative estimate of drug-likeness (QED) is 0.635. The smallest absolute Gasteiger partial charge is 0.0660 e. The molecule has 0 amide bonds. The van der Waals surface area contributed by atoms with Crippen LogP contribution in [0.15, 0.2) is 18.3 Å². The van der Waals surface area contributed by atoms with Gasteiger partial charge in [-0.25, -0.2) is 0 Å². The molecule has 0 aliphatic heterocycles. The van der Waals surface area contributed by atoms with E-state index in [-0.39, 0.29) is 6.04 Å². The van der Waals surface area contributed by atoms with Gasteiger partial charge in [-0.2, -0.15) is 0 Å². The standard InChI is InChI=1S/C15H25N3/c1-3-12-4-6-13(7-5-12)15(18-16)14-10-11(2)8-9-17-14/h8-10,12-13,15,18H,3-7,16H2,1-2H3. The van der Waals surface area contributed by atoms with Gasteiger partial charge in [-0.15, -0.1) is 0 Å². The Bertz CT molecular complexity index is 370. The first-order valence-electron chi connectivity index (χ1n) is 7.13. The Morgan fingerprint density at radius 1 is 1.39 bits per heavy atom. The van der Waals surface area contributed by atoms with Crippen molar-refractivity contribution in [2.45, 2.75) is 52.0 Å². The summed E-state index contributed by atoms with van der Waals surface area (Å²) in [6.07, 6.45) is 8.41. The van der Waals surface area contributed by atoms with E-state index in [1.807, 2.05) is 12.3 Å². The highest BCUT2D eigenvalue weighted by atomic mass is 15.2. The normalized spacial score (nSPS) is 25.9. The fraction of sp³-hybridized carbons (Fsp3) is 0.667. The van der Waals surface area contributed by atoms with E-state index in [4.69, 9.17) is 5.84 Å². The minimum absolute atomic E-state index is 0.211. The molecule has 0 bridgehead atoms. The van der Waals surface area contributed by atoms with Crippen molar-refractivity contribution in [2.75, 3.05) is 0 Å². The van der Waals surface area contributed by atoms with E-state index in [2.05, 4.69) is 30.3 Å². The first-order valence-corrected chi connectivity index (χ1v) is 7.13. The Morgan fingerprint density at radius 3 is 2.67 bits per heavy atom. The van der Waals surface area contributed by atoms with Crippen LogP contribution in [0.4, 0.5) is 0 Å². The molecule has 1 aromatic rings. The maximum absolute atomic E-state index is 5.76. The maximum Gasteiger partial charge on any atom is 0.0660 e. The van der Waals surface area contributed by atoms with Crippen molar-refractivity contribution in [3.05, 3.63) is 29.6 Å². The number of nitrogens with one attached hydrogen (secondary N) is 1. The van der Waals surface area contributed by atoms with Gasteiger partial charge in [0.25, 0.3) is 0 Å². The highest BCUT2D eigenvalue weighted by Crippen LogP contribution is 2.37. The molecule has 1 aliphatic rings. The van der Waals surface area contributed by atoms with Crippen LogP contribution >= 0.6 is 0 Å². The first kappa shape index (κ1) is 13.5. The van der Waals surface area contributed by atoms with E-state index in [1.165, 1.54) is 37.7 Å². The SMILES string of the molecule is CCC1CCC(C(NN)c2cc(C)ccn2)CC1. The van der Waals surface area contributed by atoms with Gasteiger partial charge in [-0.3, -0.25) is 16.3 Å². The Morgan fingerprint density at radius 2 is 2.11 bits per heavy atom. The van der Waals surface area contributed by atoms with Crippen LogP contribution in [0.5, 0.6) is 0 Å². The topological polar surface area (TPSA) is 50.9 Å². The number of aryl methyl sites for hydroxylation is 1. The summed E-state index contributed by atoms with van der Waals surface area (Å²) >= 11 is 0.